The van der Waals surface area contributed by atoms with E-state index in [9.17, 15) is 0 Å². The van der Waals surface area contributed by atoms with Crippen molar-refractivity contribution in [1.29, 1.82) is 0 Å². The lowest BCUT2D eigenvalue weighted by molar-refractivity contribution is 0.372. The summed E-state index contributed by atoms with van der Waals surface area (Å²) in [7, 11) is 5.14. The lowest BCUT2D eigenvalue weighted by Gasteiger charge is -2.37. The zero-order valence-corrected chi connectivity index (χ0v) is 18.9. The first kappa shape index (κ1) is 22.1. The Hall–Kier alpha value is -2.23. The highest BCUT2D eigenvalue weighted by Crippen LogP contribution is 2.20. The molecule has 1 aromatic carbocycles. The summed E-state index contributed by atoms with van der Waals surface area (Å²) >= 11 is 0. The number of hydrogen-bond acceptors (Lipinski definition) is 5. The molecule has 0 atom stereocenters. The minimum absolute atomic E-state index is 0. The van der Waals surface area contributed by atoms with Gasteiger partial charge in [0.05, 0.1) is 14.2 Å². The van der Waals surface area contributed by atoms with Gasteiger partial charge in [-0.05, 0) is 35.9 Å². The molecule has 0 unspecified atom stereocenters. The van der Waals surface area contributed by atoms with Crippen molar-refractivity contribution in [3.05, 3.63) is 48.2 Å². The number of pyridine rings is 1. The molecule has 1 fully saturated rings. The van der Waals surface area contributed by atoms with Crippen molar-refractivity contribution >= 4 is 35.6 Å². The fourth-order valence-corrected chi connectivity index (χ4v) is 3.15. The van der Waals surface area contributed by atoms with E-state index in [0.717, 1.165) is 43.5 Å². The van der Waals surface area contributed by atoms with Gasteiger partial charge in [0.1, 0.15) is 5.75 Å². The van der Waals surface area contributed by atoms with Crippen molar-refractivity contribution in [2.24, 2.45) is 4.99 Å². The summed E-state index contributed by atoms with van der Waals surface area (Å²) in [5.41, 5.74) is 2.34. The van der Waals surface area contributed by atoms with Crippen LogP contribution in [0.2, 0.25) is 0 Å². The molecule has 1 saturated heterocycles. The van der Waals surface area contributed by atoms with E-state index < -0.39 is 0 Å². The number of piperazine rings is 1. The van der Waals surface area contributed by atoms with E-state index in [1.165, 1.54) is 5.69 Å². The predicted molar refractivity (Wildman–Crippen MR) is 123 cm³/mol. The Bertz CT molecular complexity index is 761. The highest BCUT2D eigenvalue weighted by molar-refractivity contribution is 14.0. The van der Waals surface area contributed by atoms with E-state index >= 15 is 0 Å². The lowest BCUT2D eigenvalue weighted by Crippen LogP contribution is -2.52. The molecule has 0 amide bonds. The summed E-state index contributed by atoms with van der Waals surface area (Å²) in [6, 6.07) is 12.1. The van der Waals surface area contributed by atoms with E-state index in [0.29, 0.717) is 12.4 Å². The predicted octanol–water partition coefficient (Wildman–Crippen LogP) is 2.61. The molecule has 0 aliphatic carbocycles. The molecule has 2 heterocycles. The zero-order valence-electron chi connectivity index (χ0n) is 16.6. The Labute approximate surface area is 183 Å². The number of hydrogen-bond donors (Lipinski definition) is 1. The number of nitrogens with zero attached hydrogens (tertiary/aromatic N) is 4. The monoisotopic (exact) mass is 497 g/mol. The molecule has 8 heteroatoms. The Balaban J connectivity index is 0.00000280. The number of rotatable bonds is 5. The van der Waals surface area contributed by atoms with Crippen molar-refractivity contribution in [2.75, 3.05) is 52.3 Å². The van der Waals surface area contributed by atoms with Crippen molar-refractivity contribution in [3.63, 3.8) is 0 Å². The molecular formula is C20H28IN5O2. The number of nitrogens with one attached hydrogen (secondary N) is 1. The highest BCUT2D eigenvalue weighted by atomic mass is 127. The molecule has 1 aromatic heterocycles. The molecule has 1 aliphatic heterocycles. The lowest BCUT2D eigenvalue weighted by atomic mass is 10.2. The third-order valence-corrected chi connectivity index (χ3v) is 4.69. The first-order valence-corrected chi connectivity index (χ1v) is 9.07. The maximum Gasteiger partial charge on any atom is 0.213 e. The minimum Gasteiger partial charge on any atom is -0.497 e. The van der Waals surface area contributed by atoms with Gasteiger partial charge < -0.3 is 24.6 Å². The highest BCUT2D eigenvalue weighted by Gasteiger charge is 2.19. The van der Waals surface area contributed by atoms with Gasteiger partial charge in [0.2, 0.25) is 5.88 Å². The van der Waals surface area contributed by atoms with Crippen LogP contribution in [0, 0.1) is 0 Å². The number of anilines is 1. The summed E-state index contributed by atoms with van der Waals surface area (Å²) in [6.07, 6.45) is 1.76. The van der Waals surface area contributed by atoms with E-state index in [-0.39, 0.29) is 24.0 Å². The van der Waals surface area contributed by atoms with E-state index in [4.69, 9.17) is 9.47 Å². The van der Waals surface area contributed by atoms with E-state index in [1.54, 1.807) is 20.4 Å². The van der Waals surface area contributed by atoms with E-state index in [1.807, 2.05) is 31.3 Å². The number of benzene rings is 1. The largest absolute Gasteiger partial charge is 0.497 e. The minimum atomic E-state index is 0. The Morgan fingerprint density at radius 3 is 2.39 bits per heavy atom. The van der Waals surface area contributed by atoms with Crippen LogP contribution in [0.5, 0.6) is 11.6 Å². The van der Waals surface area contributed by atoms with Crippen LogP contribution >= 0.6 is 24.0 Å². The maximum absolute atomic E-state index is 5.23. The standard InChI is InChI=1S/C20H27N5O2.HI/c1-21-20(23-15-16-8-9-22-19(14-16)27-3)25-12-10-24(11-13-25)17-4-6-18(26-2)7-5-17;/h4-9,14H,10-13,15H2,1-3H3,(H,21,23);1H. The first-order valence-electron chi connectivity index (χ1n) is 9.07. The molecule has 3 rings (SSSR count). The quantitative estimate of drug-likeness (QED) is 0.390. The van der Waals surface area contributed by atoms with Gasteiger partial charge in [0, 0.05) is 57.7 Å². The summed E-state index contributed by atoms with van der Waals surface area (Å²) in [5, 5.41) is 3.43. The Morgan fingerprint density at radius 2 is 1.79 bits per heavy atom. The molecule has 1 aliphatic rings. The second-order valence-electron chi connectivity index (χ2n) is 6.28. The molecule has 152 valence electrons. The average molecular weight is 497 g/mol. The number of aliphatic imine (C=N–C) groups is 1. The summed E-state index contributed by atoms with van der Waals surface area (Å²) < 4.78 is 10.4. The normalized spacial score (nSPS) is 14.3. The Morgan fingerprint density at radius 1 is 1.07 bits per heavy atom. The van der Waals surface area contributed by atoms with Crippen LogP contribution in [0.25, 0.3) is 0 Å². The van der Waals surface area contributed by atoms with Crippen LogP contribution in [-0.2, 0) is 6.54 Å². The first-order chi connectivity index (χ1) is 13.2. The topological polar surface area (TPSA) is 62.2 Å². The van der Waals surface area contributed by atoms with Crippen molar-refractivity contribution in [2.45, 2.75) is 6.54 Å². The van der Waals surface area contributed by atoms with Gasteiger partial charge in [0.25, 0.3) is 0 Å². The third kappa shape index (κ3) is 5.63. The van der Waals surface area contributed by atoms with Gasteiger partial charge in [0.15, 0.2) is 5.96 Å². The molecule has 1 N–H and O–H groups in total. The molecule has 0 bridgehead atoms. The number of halogens is 1. The third-order valence-electron chi connectivity index (χ3n) is 4.69. The fraction of sp³-hybridized carbons (Fsp3) is 0.400. The SMILES string of the molecule is CN=C(NCc1ccnc(OC)c1)N1CCN(c2ccc(OC)cc2)CC1.I. The van der Waals surface area contributed by atoms with Crippen LogP contribution in [0.1, 0.15) is 5.56 Å². The van der Waals surface area contributed by atoms with Gasteiger partial charge in [-0.3, -0.25) is 4.99 Å². The maximum atomic E-state index is 5.23. The molecule has 0 saturated carbocycles. The average Bonchev–Trinajstić information content (AvgIpc) is 2.75. The number of methoxy groups -OCH3 is 2. The van der Waals surface area contributed by atoms with Gasteiger partial charge in [-0.1, -0.05) is 0 Å². The van der Waals surface area contributed by atoms with Crippen LogP contribution in [0.3, 0.4) is 0 Å². The number of aromatic nitrogens is 1. The molecule has 0 radical (unpaired) electrons. The fourth-order valence-electron chi connectivity index (χ4n) is 3.15. The van der Waals surface area contributed by atoms with Gasteiger partial charge in [-0.15, -0.1) is 24.0 Å². The van der Waals surface area contributed by atoms with Crippen molar-refractivity contribution < 1.29 is 9.47 Å². The van der Waals surface area contributed by atoms with Crippen LogP contribution in [0.15, 0.2) is 47.6 Å². The second kappa shape index (κ2) is 10.9. The molecule has 2 aromatic rings. The van der Waals surface area contributed by atoms with E-state index in [2.05, 4.69) is 37.2 Å². The molecule has 0 spiro atoms. The van der Waals surface area contributed by atoms with Crippen LogP contribution in [0.4, 0.5) is 5.69 Å². The summed E-state index contributed by atoms with van der Waals surface area (Å²) in [4.78, 5) is 13.3. The van der Waals surface area contributed by atoms with Gasteiger partial charge in [-0.25, -0.2) is 4.98 Å². The second-order valence-corrected chi connectivity index (χ2v) is 6.28. The summed E-state index contributed by atoms with van der Waals surface area (Å²) in [5.74, 6) is 2.42. The van der Waals surface area contributed by atoms with Crippen molar-refractivity contribution in [1.82, 2.24) is 15.2 Å². The zero-order chi connectivity index (χ0) is 19.1. The smallest absolute Gasteiger partial charge is 0.213 e. The van der Waals surface area contributed by atoms with Gasteiger partial charge in [-0.2, -0.15) is 0 Å². The van der Waals surface area contributed by atoms with Gasteiger partial charge >= 0.3 is 0 Å². The molecule has 28 heavy (non-hydrogen) atoms. The van der Waals surface area contributed by atoms with Crippen LogP contribution < -0.4 is 19.7 Å². The van der Waals surface area contributed by atoms with Crippen molar-refractivity contribution in [3.8, 4) is 11.6 Å². The number of guanidine groups is 1. The van der Waals surface area contributed by atoms with Crippen LogP contribution in [-0.4, -0.2) is 63.3 Å². The Kier molecular flexibility index (Phi) is 8.62. The summed E-state index contributed by atoms with van der Waals surface area (Å²) in [6.45, 7) is 4.44. The number of ether oxygens (including phenoxy) is 2. The molecule has 7 nitrogen and oxygen atoms in total. The molecular weight excluding hydrogens is 469 g/mol.